The van der Waals surface area contributed by atoms with Gasteiger partial charge >= 0.3 is 12.3 Å². The largest absolute Gasteiger partial charge is 0.441 e. The van der Waals surface area contributed by atoms with E-state index in [1.54, 1.807) is 0 Å². The first kappa shape index (κ1) is 20.0. The summed E-state index contributed by atoms with van der Waals surface area (Å²) in [5.41, 5.74) is 0.0170. The lowest BCUT2D eigenvalue weighted by Crippen LogP contribution is -2.49. The van der Waals surface area contributed by atoms with Gasteiger partial charge in [-0.15, -0.1) is 0 Å². The van der Waals surface area contributed by atoms with E-state index in [4.69, 9.17) is 4.74 Å². The predicted octanol–water partition coefficient (Wildman–Crippen LogP) is 3.37. The lowest BCUT2D eigenvalue weighted by Gasteiger charge is -2.33. The number of anilines is 2. The number of aromatic nitrogens is 3. The molecule has 2 N–H and O–H groups in total. The summed E-state index contributed by atoms with van der Waals surface area (Å²) in [6, 6.07) is 2.20. The van der Waals surface area contributed by atoms with E-state index in [1.165, 1.54) is 6.33 Å². The fourth-order valence-corrected chi connectivity index (χ4v) is 4.10. The van der Waals surface area contributed by atoms with Crippen LogP contribution < -0.4 is 15.5 Å². The van der Waals surface area contributed by atoms with Gasteiger partial charge in [-0.05, 0) is 31.9 Å². The number of nitrogens with zero attached hydrogens (tertiary/aromatic N) is 4. The number of cyclic esters (lactones) is 1. The van der Waals surface area contributed by atoms with Crippen LogP contribution in [-0.2, 0) is 10.9 Å². The fraction of sp³-hybridized carbons (Fsp3) is 0.500. The molecule has 0 unspecified atom stereocenters. The third kappa shape index (κ3) is 3.89. The lowest BCUT2D eigenvalue weighted by atomic mass is 9.99. The molecular formula is C20H21F3N6O2. The summed E-state index contributed by atoms with van der Waals surface area (Å²) in [6.07, 6.45) is -2.81. The van der Waals surface area contributed by atoms with Crippen LogP contribution in [0.3, 0.4) is 0 Å². The van der Waals surface area contributed by atoms with E-state index in [-0.39, 0.29) is 35.0 Å². The molecule has 2 fully saturated rings. The van der Waals surface area contributed by atoms with E-state index in [0.717, 1.165) is 25.0 Å². The molecule has 4 heterocycles. The second kappa shape index (κ2) is 7.33. The number of halogens is 3. The van der Waals surface area contributed by atoms with Gasteiger partial charge in [0.15, 0.2) is 0 Å². The Kier molecular flexibility index (Phi) is 4.72. The third-order valence-electron chi connectivity index (χ3n) is 5.75. The molecule has 0 radical (unpaired) electrons. The quantitative estimate of drug-likeness (QED) is 0.765. The van der Waals surface area contributed by atoms with E-state index < -0.39 is 23.9 Å². The van der Waals surface area contributed by atoms with E-state index in [0.29, 0.717) is 25.2 Å². The number of piperazine rings is 1. The molecule has 8 nitrogen and oxygen atoms in total. The minimum absolute atomic E-state index is 0.0834. The van der Waals surface area contributed by atoms with Crippen LogP contribution in [0, 0.1) is 5.92 Å². The summed E-state index contributed by atoms with van der Waals surface area (Å²) in [5.74, 6) is 0.609. The molecule has 164 valence electrons. The molecule has 11 heteroatoms. The van der Waals surface area contributed by atoms with Crippen molar-refractivity contribution in [2.75, 3.05) is 29.9 Å². The number of alkyl halides is 3. The third-order valence-corrected chi connectivity index (χ3v) is 5.75. The van der Waals surface area contributed by atoms with Gasteiger partial charge in [0.2, 0.25) is 0 Å². The number of amides is 1. The van der Waals surface area contributed by atoms with Crippen LogP contribution in [0.2, 0.25) is 0 Å². The van der Waals surface area contributed by atoms with Gasteiger partial charge in [-0.2, -0.15) is 13.2 Å². The van der Waals surface area contributed by atoms with E-state index in [2.05, 4.69) is 25.6 Å². The zero-order valence-electron chi connectivity index (χ0n) is 16.7. The number of carbonyl (C=O) groups is 1. The molecule has 1 saturated carbocycles. The normalized spacial score (nSPS) is 23.7. The highest BCUT2D eigenvalue weighted by Crippen LogP contribution is 2.49. The monoisotopic (exact) mass is 434 g/mol. The average molecular weight is 434 g/mol. The topological polar surface area (TPSA) is 92.3 Å². The Morgan fingerprint density at radius 1 is 1.23 bits per heavy atom. The molecule has 31 heavy (non-hydrogen) atoms. The van der Waals surface area contributed by atoms with E-state index >= 15 is 0 Å². The standard InChI is InChI=1S/C20H21F3N6O2/c1-10-8-29(5-4-24-10)14-7-12(20(21,22)23)6-13(27-14)16-15-17(11-2-3-11)31-19(30)28-18(15)26-9-25-16/h6-7,9-11,17,24H,2-5,8H2,1H3,(H,25,26,28,30)/t10-,17+/m0/s1. The first-order valence-electron chi connectivity index (χ1n) is 10.2. The van der Waals surface area contributed by atoms with Crippen LogP contribution in [0.4, 0.5) is 29.6 Å². The van der Waals surface area contributed by atoms with Crippen molar-refractivity contribution >= 4 is 17.7 Å². The smallest absolute Gasteiger partial charge is 0.416 e. The van der Waals surface area contributed by atoms with Crippen molar-refractivity contribution in [2.24, 2.45) is 5.92 Å². The van der Waals surface area contributed by atoms with Crippen molar-refractivity contribution in [3.05, 3.63) is 29.6 Å². The van der Waals surface area contributed by atoms with Gasteiger partial charge in [0, 0.05) is 31.6 Å². The summed E-state index contributed by atoms with van der Waals surface area (Å²) >= 11 is 0. The van der Waals surface area contributed by atoms with Crippen LogP contribution in [-0.4, -0.2) is 46.7 Å². The van der Waals surface area contributed by atoms with Gasteiger partial charge < -0.3 is 15.0 Å². The Morgan fingerprint density at radius 2 is 2.03 bits per heavy atom. The first-order valence-corrected chi connectivity index (χ1v) is 10.2. The van der Waals surface area contributed by atoms with Gasteiger partial charge in [-0.1, -0.05) is 0 Å². The zero-order valence-corrected chi connectivity index (χ0v) is 16.7. The molecule has 1 amide bonds. The van der Waals surface area contributed by atoms with Crippen molar-refractivity contribution in [3.63, 3.8) is 0 Å². The molecule has 2 aromatic rings. The summed E-state index contributed by atoms with van der Waals surface area (Å²) in [6.45, 7) is 3.71. The van der Waals surface area contributed by atoms with Crippen molar-refractivity contribution in [2.45, 2.75) is 38.1 Å². The Balaban J connectivity index is 1.64. The highest BCUT2D eigenvalue weighted by atomic mass is 19.4. The number of rotatable bonds is 3. The van der Waals surface area contributed by atoms with E-state index in [1.807, 2.05) is 11.8 Å². The minimum atomic E-state index is -4.54. The summed E-state index contributed by atoms with van der Waals surface area (Å²) in [7, 11) is 0. The van der Waals surface area contributed by atoms with Crippen molar-refractivity contribution in [3.8, 4) is 11.4 Å². The maximum Gasteiger partial charge on any atom is 0.416 e. The summed E-state index contributed by atoms with van der Waals surface area (Å²) in [4.78, 5) is 26.7. The fourth-order valence-electron chi connectivity index (χ4n) is 4.10. The van der Waals surface area contributed by atoms with Crippen LogP contribution in [0.25, 0.3) is 11.4 Å². The van der Waals surface area contributed by atoms with Gasteiger partial charge in [-0.25, -0.2) is 19.7 Å². The van der Waals surface area contributed by atoms with E-state index in [9.17, 15) is 18.0 Å². The molecule has 3 aliphatic rings. The van der Waals surface area contributed by atoms with Gasteiger partial charge in [0.1, 0.15) is 29.8 Å². The number of hydrogen-bond acceptors (Lipinski definition) is 7. The Labute approximate surface area is 176 Å². The van der Waals surface area contributed by atoms with Gasteiger partial charge in [-0.3, -0.25) is 5.32 Å². The molecule has 0 spiro atoms. The molecule has 2 aliphatic heterocycles. The average Bonchev–Trinajstić information content (AvgIpc) is 3.57. The van der Waals surface area contributed by atoms with Gasteiger partial charge in [0.05, 0.1) is 16.8 Å². The second-order valence-corrected chi connectivity index (χ2v) is 8.17. The zero-order chi connectivity index (χ0) is 21.8. The number of fused-ring (bicyclic) bond motifs is 1. The number of nitrogens with one attached hydrogen (secondary N) is 2. The summed E-state index contributed by atoms with van der Waals surface area (Å²) < 4.78 is 46.7. The second-order valence-electron chi connectivity index (χ2n) is 8.17. The Bertz CT molecular complexity index is 1030. The SMILES string of the molecule is C[C@H]1CN(c2cc(C(F)(F)F)cc(-c3ncnc4c3[C@@H](C3CC3)OC(=O)N4)n2)CCN1. The molecule has 1 aliphatic carbocycles. The maximum absolute atomic E-state index is 13.7. The number of pyridine rings is 1. The number of hydrogen-bond donors (Lipinski definition) is 2. The molecular weight excluding hydrogens is 413 g/mol. The summed E-state index contributed by atoms with van der Waals surface area (Å²) in [5, 5.41) is 5.80. The minimum Gasteiger partial charge on any atom is -0.441 e. The highest BCUT2D eigenvalue weighted by molar-refractivity contribution is 5.88. The van der Waals surface area contributed by atoms with Crippen LogP contribution in [0.5, 0.6) is 0 Å². The number of carbonyl (C=O) groups excluding carboxylic acids is 1. The molecule has 1 saturated heterocycles. The first-order chi connectivity index (χ1) is 14.8. The van der Waals surface area contributed by atoms with Crippen LogP contribution >= 0.6 is 0 Å². The molecule has 2 aromatic heterocycles. The molecule has 0 aromatic carbocycles. The Hall–Kier alpha value is -2.95. The van der Waals surface area contributed by atoms with Crippen molar-refractivity contribution in [1.29, 1.82) is 0 Å². The van der Waals surface area contributed by atoms with Crippen LogP contribution in [0.15, 0.2) is 18.5 Å². The number of ether oxygens (including phenoxy) is 1. The molecule has 5 rings (SSSR count). The lowest BCUT2D eigenvalue weighted by molar-refractivity contribution is -0.137. The Morgan fingerprint density at radius 3 is 2.74 bits per heavy atom. The molecule has 0 bridgehead atoms. The predicted molar refractivity (Wildman–Crippen MR) is 106 cm³/mol. The van der Waals surface area contributed by atoms with Gasteiger partial charge in [0.25, 0.3) is 0 Å². The van der Waals surface area contributed by atoms with Crippen molar-refractivity contribution in [1.82, 2.24) is 20.3 Å². The molecule has 2 atom stereocenters. The van der Waals surface area contributed by atoms with Crippen molar-refractivity contribution < 1.29 is 22.7 Å². The van der Waals surface area contributed by atoms with Crippen LogP contribution in [0.1, 0.15) is 37.0 Å². The maximum atomic E-state index is 13.7. The highest BCUT2D eigenvalue weighted by Gasteiger charge is 2.42.